The number of rotatable bonds is 1. The number of alkyl halides is 8. The van der Waals surface area contributed by atoms with Gasteiger partial charge < -0.3 is 0 Å². The van der Waals surface area contributed by atoms with Crippen LogP contribution in [0.5, 0.6) is 0 Å². The first-order chi connectivity index (χ1) is 6.48. The van der Waals surface area contributed by atoms with Gasteiger partial charge in [-0.05, 0) is 0 Å². The minimum atomic E-state index is -4.51. The van der Waals surface area contributed by atoms with Gasteiger partial charge in [-0.1, -0.05) is 19.0 Å². The quantitative estimate of drug-likeness (QED) is 0.438. The number of halogens is 10. The maximum Gasteiger partial charge on any atom is 0.411 e. The monoisotopic (exact) mass is 316 g/mol. The Morgan fingerprint density at radius 1 is 1.06 bits per heavy atom. The number of hydrogen-bond donors (Lipinski definition) is 0. The van der Waals surface area contributed by atoms with Crippen molar-refractivity contribution in [2.24, 2.45) is 0 Å². The normalized spacial score (nSPS) is 13.0. The molecule has 0 aliphatic carbocycles. The Kier molecular flexibility index (Phi) is 16.4. The molecule has 0 fully saturated rings. The van der Waals surface area contributed by atoms with Gasteiger partial charge in [-0.2, -0.15) is 26.3 Å². The molecule has 0 aliphatic rings. The van der Waals surface area contributed by atoms with Gasteiger partial charge in [-0.3, -0.25) is 0 Å². The van der Waals surface area contributed by atoms with Crippen LogP contribution in [0.1, 0.15) is 13.8 Å². The van der Waals surface area contributed by atoms with Crippen LogP contribution in [0.4, 0.5) is 35.1 Å². The molecule has 0 heterocycles. The summed E-state index contributed by atoms with van der Waals surface area (Å²) >= 11 is 4.38. The average molecular weight is 317 g/mol. The van der Waals surface area contributed by atoms with Crippen molar-refractivity contribution in [1.82, 2.24) is 0 Å². The van der Waals surface area contributed by atoms with Gasteiger partial charge in [0, 0.05) is 6.08 Å². The van der Waals surface area contributed by atoms with Gasteiger partial charge in [0.1, 0.15) is 0 Å². The Balaban J connectivity index is -0.0000000896. The minimum Gasteiger partial charge on any atom is -0.230 e. The van der Waals surface area contributed by atoms with E-state index in [1.807, 2.05) is 0 Å². The number of hydrogen-bond acceptors (Lipinski definition) is 0. The third-order valence-electron chi connectivity index (χ3n) is 0.638. The summed E-state index contributed by atoms with van der Waals surface area (Å²) in [5, 5.41) is 0. The maximum atomic E-state index is 11.2. The lowest BCUT2D eigenvalue weighted by Crippen LogP contribution is -2.11. The van der Waals surface area contributed by atoms with E-state index >= 15 is 0 Å². The first kappa shape index (κ1) is 25.6. The molecule has 0 rings (SSSR count). The zero-order valence-electron chi connectivity index (χ0n) is 7.25. The summed E-state index contributed by atoms with van der Waals surface area (Å²) in [7, 11) is 0. The van der Waals surface area contributed by atoms with Crippen LogP contribution < -0.4 is 0 Å². The Labute approximate surface area is 104 Å². The van der Waals surface area contributed by atoms with Gasteiger partial charge in [-0.25, -0.2) is 8.78 Å². The lowest BCUT2D eigenvalue weighted by Gasteiger charge is -2.03. The van der Waals surface area contributed by atoms with Crippen LogP contribution in [0.25, 0.3) is 0 Å². The second-order valence-electron chi connectivity index (χ2n) is 2.04. The fraction of sp³-hybridized carbons (Fsp3) is 0.714. The van der Waals surface area contributed by atoms with Crippen LogP contribution in [0.2, 0.25) is 0 Å². The van der Waals surface area contributed by atoms with Crippen LogP contribution in [0, 0.1) is 0 Å². The van der Waals surface area contributed by atoms with E-state index < -0.39 is 36.8 Å². The Morgan fingerprint density at radius 2 is 1.41 bits per heavy atom. The smallest absolute Gasteiger partial charge is 0.230 e. The molecule has 0 bridgehead atoms. The standard InChI is InChI=1S/C3H3ClF4.C3H2F4.CH4.ClH/c4-2(5)1-3(6,7)8;4-2-1-3(5,6)7;;/h2H,1H2;1-2H;1H4;1H. The molecule has 1 unspecified atom stereocenters. The van der Waals surface area contributed by atoms with E-state index in [9.17, 15) is 35.1 Å². The van der Waals surface area contributed by atoms with Crippen LogP contribution >= 0.6 is 24.0 Å². The summed E-state index contributed by atoms with van der Waals surface area (Å²) in [6, 6.07) is 0. The second kappa shape index (κ2) is 10.9. The molecule has 0 radical (unpaired) electrons. The van der Waals surface area contributed by atoms with Gasteiger partial charge in [0.15, 0.2) is 5.63 Å². The largest absolute Gasteiger partial charge is 0.411 e. The molecule has 0 N–H and O–H groups in total. The van der Waals surface area contributed by atoms with Gasteiger partial charge >= 0.3 is 12.4 Å². The highest BCUT2D eigenvalue weighted by Crippen LogP contribution is 2.24. The average Bonchev–Trinajstić information content (AvgIpc) is 1.77. The molecule has 0 aromatic carbocycles. The Morgan fingerprint density at radius 3 is 1.41 bits per heavy atom. The highest BCUT2D eigenvalue weighted by molar-refractivity contribution is 6.19. The Bertz CT molecular complexity index is 183. The lowest BCUT2D eigenvalue weighted by atomic mass is 10.5. The van der Waals surface area contributed by atoms with E-state index in [0.717, 1.165) is 0 Å². The summed E-state index contributed by atoms with van der Waals surface area (Å²) in [6.45, 7) is 0. The third kappa shape index (κ3) is 38.9. The molecule has 0 aliphatic heterocycles. The first-order valence-electron chi connectivity index (χ1n) is 3.17. The molecule has 108 valence electrons. The van der Waals surface area contributed by atoms with Crippen LogP contribution in [0.15, 0.2) is 12.4 Å². The van der Waals surface area contributed by atoms with Crippen molar-refractivity contribution in [1.29, 1.82) is 0 Å². The molecule has 0 aromatic heterocycles. The van der Waals surface area contributed by atoms with Crippen LogP contribution in [-0.2, 0) is 0 Å². The molecular weight excluding hydrogens is 307 g/mol. The fourth-order valence-electron chi connectivity index (χ4n) is 0.246. The zero-order chi connectivity index (χ0) is 12.7. The first-order valence-corrected chi connectivity index (χ1v) is 3.61. The number of allylic oxidation sites excluding steroid dienone is 1. The third-order valence-corrected chi connectivity index (χ3v) is 0.792. The van der Waals surface area contributed by atoms with Gasteiger partial charge in [0.25, 0.3) is 0 Å². The summed E-state index contributed by atoms with van der Waals surface area (Å²) in [5.41, 5.74) is -2.31. The molecule has 0 nitrogen and oxygen atoms in total. The molecule has 10 heteroatoms. The summed E-state index contributed by atoms with van der Waals surface area (Å²) < 4.78 is 87.0. The van der Waals surface area contributed by atoms with Gasteiger partial charge in [0.2, 0.25) is 0 Å². The highest BCUT2D eigenvalue weighted by Gasteiger charge is 2.30. The highest BCUT2D eigenvalue weighted by atomic mass is 35.5. The second-order valence-corrected chi connectivity index (χ2v) is 2.52. The molecule has 0 aromatic rings. The van der Waals surface area contributed by atoms with E-state index in [2.05, 4.69) is 11.6 Å². The topological polar surface area (TPSA) is 0 Å². The predicted octanol–water partition coefficient (Wildman–Crippen LogP) is 5.56. The van der Waals surface area contributed by atoms with Crippen molar-refractivity contribution >= 4 is 24.0 Å². The van der Waals surface area contributed by atoms with Gasteiger partial charge in [-0.15, -0.1) is 12.4 Å². The van der Waals surface area contributed by atoms with E-state index in [1.54, 1.807) is 0 Å². The van der Waals surface area contributed by atoms with Crippen molar-refractivity contribution in [2.75, 3.05) is 0 Å². The summed E-state index contributed by atoms with van der Waals surface area (Å²) in [4.78, 5) is 0. The molecule has 17 heavy (non-hydrogen) atoms. The molecular formula is C7H10Cl2F8. The van der Waals surface area contributed by atoms with E-state index in [-0.39, 0.29) is 19.8 Å². The molecule has 0 amide bonds. The van der Waals surface area contributed by atoms with Crippen molar-refractivity contribution in [2.45, 2.75) is 31.8 Å². The zero-order valence-corrected chi connectivity index (χ0v) is 8.82. The summed E-state index contributed by atoms with van der Waals surface area (Å²) in [6.07, 6.45) is -11.6. The van der Waals surface area contributed by atoms with Crippen LogP contribution in [-0.4, -0.2) is 18.0 Å². The minimum absolute atomic E-state index is 0. The summed E-state index contributed by atoms with van der Waals surface area (Å²) in [5.74, 6) is 0. The van der Waals surface area contributed by atoms with Crippen molar-refractivity contribution in [3.8, 4) is 0 Å². The molecule has 0 saturated carbocycles. The van der Waals surface area contributed by atoms with Gasteiger partial charge in [0.05, 0.1) is 12.8 Å². The molecule has 0 saturated heterocycles. The van der Waals surface area contributed by atoms with Crippen molar-refractivity contribution in [3.63, 3.8) is 0 Å². The predicted molar refractivity (Wildman–Crippen MR) is 51.7 cm³/mol. The van der Waals surface area contributed by atoms with Crippen molar-refractivity contribution < 1.29 is 35.1 Å². The van der Waals surface area contributed by atoms with Crippen LogP contribution in [0.3, 0.4) is 0 Å². The SMILES string of the molecule is C.Cl.FC(Cl)CC(F)(F)F.FC=CC(F)(F)F. The van der Waals surface area contributed by atoms with Crippen molar-refractivity contribution in [3.05, 3.63) is 12.4 Å². The van der Waals surface area contributed by atoms with E-state index in [0.29, 0.717) is 0 Å². The molecule has 1 atom stereocenters. The maximum absolute atomic E-state index is 11.2. The fourth-order valence-corrected chi connectivity index (χ4v) is 0.421. The van der Waals surface area contributed by atoms with E-state index in [4.69, 9.17) is 0 Å². The Hall–Kier alpha value is -0.240. The van der Waals surface area contributed by atoms with E-state index in [1.165, 1.54) is 0 Å². The lowest BCUT2D eigenvalue weighted by molar-refractivity contribution is -0.140. The molecule has 0 spiro atoms.